The van der Waals surface area contributed by atoms with Crippen LogP contribution in [0.2, 0.25) is 0 Å². The minimum Gasteiger partial charge on any atom is -0.299 e. The second-order valence-corrected chi connectivity index (χ2v) is 2.52. The normalized spacial score (nSPS) is 10.7. The van der Waals surface area contributed by atoms with Crippen LogP contribution >= 0.6 is 0 Å². The van der Waals surface area contributed by atoms with E-state index in [4.69, 9.17) is 0 Å². The van der Waals surface area contributed by atoms with E-state index in [-0.39, 0.29) is 11.6 Å². The molecule has 0 N–H and O–H groups in total. The predicted octanol–water partition coefficient (Wildman–Crippen LogP) is 1.36. The molecule has 0 saturated carbocycles. The van der Waals surface area contributed by atoms with Crippen LogP contribution in [0.3, 0.4) is 0 Å². The van der Waals surface area contributed by atoms with Crippen molar-refractivity contribution in [2.45, 2.75) is 20.8 Å². The summed E-state index contributed by atoms with van der Waals surface area (Å²) in [6, 6.07) is 0. The Morgan fingerprint density at radius 2 is 1.60 bits per heavy atom. The minimum absolute atomic E-state index is 0.157. The van der Waals surface area contributed by atoms with E-state index in [0.29, 0.717) is 0 Å². The summed E-state index contributed by atoms with van der Waals surface area (Å²) < 4.78 is 0. The number of rotatable bonds is 3. The Morgan fingerprint density at radius 1 is 1.30 bits per heavy atom. The summed E-state index contributed by atoms with van der Waals surface area (Å²) in [5.74, 6) is -0.315. The van der Waals surface area contributed by atoms with Gasteiger partial charge in [-0.2, -0.15) is 0 Å². The van der Waals surface area contributed by atoms with Gasteiger partial charge in [-0.05, 0) is 20.8 Å². The molecule has 0 aromatic heterocycles. The number of allylic oxidation sites excluding steroid dienone is 1. The first kappa shape index (κ1) is 9.08. The molecule has 0 rings (SSSR count). The van der Waals surface area contributed by atoms with E-state index >= 15 is 0 Å². The van der Waals surface area contributed by atoms with Crippen LogP contribution in [0.4, 0.5) is 0 Å². The summed E-state index contributed by atoms with van der Waals surface area (Å²) >= 11 is 0. The summed E-state index contributed by atoms with van der Waals surface area (Å²) in [7, 11) is 0. The lowest BCUT2D eigenvalue weighted by atomic mass is 9.83. The standard InChI is InChI=1S/C8H12O2/c1-5-8(4,6(2)9)7(3)10/h5H,1H2,2-4H3. The molecule has 0 bridgehead atoms. The lowest BCUT2D eigenvalue weighted by Gasteiger charge is -2.17. The van der Waals surface area contributed by atoms with Gasteiger partial charge in [-0.25, -0.2) is 0 Å². The van der Waals surface area contributed by atoms with Gasteiger partial charge < -0.3 is 0 Å². The zero-order valence-corrected chi connectivity index (χ0v) is 6.60. The van der Waals surface area contributed by atoms with Crippen molar-refractivity contribution in [3.05, 3.63) is 12.7 Å². The molecule has 10 heavy (non-hydrogen) atoms. The molecule has 0 saturated heterocycles. The van der Waals surface area contributed by atoms with Gasteiger partial charge in [0.1, 0.15) is 17.0 Å². The van der Waals surface area contributed by atoms with Crippen molar-refractivity contribution in [1.29, 1.82) is 0 Å². The molecule has 0 unspecified atom stereocenters. The average Bonchev–Trinajstić information content (AvgIpc) is 1.85. The summed E-state index contributed by atoms with van der Waals surface area (Å²) in [6.45, 7) is 7.79. The van der Waals surface area contributed by atoms with Crippen LogP contribution in [0.1, 0.15) is 20.8 Å². The molecule has 56 valence electrons. The zero-order valence-electron chi connectivity index (χ0n) is 6.60. The minimum atomic E-state index is -0.972. The lowest BCUT2D eigenvalue weighted by molar-refractivity contribution is -0.134. The zero-order chi connectivity index (χ0) is 8.36. The third-order valence-corrected chi connectivity index (χ3v) is 1.87. The number of Topliss-reactive ketones (excluding diaryl/α,β-unsaturated/α-hetero) is 2. The van der Waals surface area contributed by atoms with E-state index in [0.717, 1.165) is 0 Å². The highest BCUT2D eigenvalue weighted by atomic mass is 16.2. The molecule has 0 aliphatic heterocycles. The molecule has 2 nitrogen and oxygen atoms in total. The number of hydrogen-bond acceptors (Lipinski definition) is 2. The summed E-state index contributed by atoms with van der Waals surface area (Å²) in [4.78, 5) is 21.7. The monoisotopic (exact) mass is 140 g/mol. The highest BCUT2D eigenvalue weighted by Gasteiger charge is 2.30. The number of ketones is 2. The topological polar surface area (TPSA) is 34.1 Å². The number of carbonyl (C=O) groups is 2. The van der Waals surface area contributed by atoms with Gasteiger partial charge in [0.15, 0.2) is 0 Å². The van der Waals surface area contributed by atoms with Gasteiger partial charge in [-0.3, -0.25) is 9.59 Å². The third kappa shape index (κ3) is 1.32. The van der Waals surface area contributed by atoms with Crippen molar-refractivity contribution in [2.75, 3.05) is 0 Å². The fourth-order valence-electron chi connectivity index (χ4n) is 0.535. The fourth-order valence-corrected chi connectivity index (χ4v) is 0.535. The molecule has 0 aliphatic rings. The predicted molar refractivity (Wildman–Crippen MR) is 39.7 cm³/mol. The fraction of sp³-hybridized carbons (Fsp3) is 0.500. The first-order valence-electron chi connectivity index (χ1n) is 3.11. The van der Waals surface area contributed by atoms with Crippen molar-refractivity contribution in [3.63, 3.8) is 0 Å². The Hall–Kier alpha value is -0.920. The van der Waals surface area contributed by atoms with Gasteiger partial charge in [0.25, 0.3) is 0 Å². The van der Waals surface area contributed by atoms with E-state index in [1.807, 2.05) is 0 Å². The second kappa shape index (κ2) is 2.78. The molecule has 2 heteroatoms. The van der Waals surface area contributed by atoms with Crippen LogP contribution < -0.4 is 0 Å². The second-order valence-electron chi connectivity index (χ2n) is 2.52. The van der Waals surface area contributed by atoms with Gasteiger partial charge in [0.05, 0.1) is 0 Å². The molecule has 0 atom stereocenters. The summed E-state index contributed by atoms with van der Waals surface area (Å²) in [6.07, 6.45) is 1.39. The SMILES string of the molecule is C=CC(C)(C(C)=O)C(C)=O. The van der Waals surface area contributed by atoms with Crippen molar-refractivity contribution in [3.8, 4) is 0 Å². The Balaban J connectivity index is 4.72. The van der Waals surface area contributed by atoms with Gasteiger partial charge in [0.2, 0.25) is 0 Å². The Kier molecular flexibility index (Phi) is 2.52. The van der Waals surface area contributed by atoms with Gasteiger partial charge in [0, 0.05) is 0 Å². The maximum atomic E-state index is 10.8. The van der Waals surface area contributed by atoms with E-state index in [2.05, 4.69) is 6.58 Å². The lowest BCUT2D eigenvalue weighted by Crippen LogP contribution is -2.30. The van der Waals surface area contributed by atoms with Crippen LogP contribution in [0.25, 0.3) is 0 Å². The van der Waals surface area contributed by atoms with Crippen LogP contribution in [-0.4, -0.2) is 11.6 Å². The van der Waals surface area contributed by atoms with Gasteiger partial charge in [-0.15, -0.1) is 6.58 Å². The first-order chi connectivity index (χ1) is 4.45. The van der Waals surface area contributed by atoms with Crippen LogP contribution in [0, 0.1) is 5.41 Å². The van der Waals surface area contributed by atoms with Gasteiger partial charge in [-0.1, -0.05) is 6.08 Å². The molecular formula is C8H12O2. The average molecular weight is 140 g/mol. The molecule has 0 amide bonds. The van der Waals surface area contributed by atoms with E-state index in [1.165, 1.54) is 19.9 Å². The molecule has 0 aliphatic carbocycles. The maximum Gasteiger partial charge on any atom is 0.146 e. The number of carbonyl (C=O) groups excluding carboxylic acids is 2. The highest BCUT2D eigenvalue weighted by molar-refractivity contribution is 6.06. The van der Waals surface area contributed by atoms with Crippen molar-refractivity contribution < 1.29 is 9.59 Å². The summed E-state index contributed by atoms with van der Waals surface area (Å²) in [5.41, 5.74) is -0.972. The maximum absolute atomic E-state index is 10.8. The van der Waals surface area contributed by atoms with Crippen LogP contribution in [-0.2, 0) is 9.59 Å². The molecular weight excluding hydrogens is 128 g/mol. The molecule has 0 spiro atoms. The van der Waals surface area contributed by atoms with E-state index in [9.17, 15) is 9.59 Å². The third-order valence-electron chi connectivity index (χ3n) is 1.87. The summed E-state index contributed by atoms with van der Waals surface area (Å²) in [5, 5.41) is 0. The van der Waals surface area contributed by atoms with E-state index in [1.54, 1.807) is 6.92 Å². The van der Waals surface area contributed by atoms with Crippen LogP contribution in [0.5, 0.6) is 0 Å². The van der Waals surface area contributed by atoms with Crippen molar-refractivity contribution in [1.82, 2.24) is 0 Å². The Morgan fingerprint density at radius 3 is 1.60 bits per heavy atom. The van der Waals surface area contributed by atoms with Crippen LogP contribution in [0.15, 0.2) is 12.7 Å². The Labute approximate surface area is 60.9 Å². The molecule has 0 aromatic carbocycles. The molecule has 0 heterocycles. The highest BCUT2D eigenvalue weighted by Crippen LogP contribution is 2.19. The molecule has 0 radical (unpaired) electrons. The van der Waals surface area contributed by atoms with Crippen molar-refractivity contribution in [2.24, 2.45) is 5.41 Å². The van der Waals surface area contributed by atoms with Gasteiger partial charge >= 0.3 is 0 Å². The van der Waals surface area contributed by atoms with Crippen molar-refractivity contribution >= 4 is 11.6 Å². The quantitative estimate of drug-likeness (QED) is 0.438. The molecule has 0 fully saturated rings. The smallest absolute Gasteiger partial charge is 0.146 e. The molecule has 0 aromatic rings. The first-order valence-corrected chi connectivity index (χ1v) is 3.11. The Bertz CT molecular complexity index is 166. The largest absolute Gasteiger partial charge is 0.299 e. The number of hydrogen-bond donors (Lipinski definition) is 0. The van der Waals surface area contributed by atoms with E-state index < -0.39 is 5.41 Å².